The van der Waals surface area contributed by atoms with Gasteiger partial charge in [-0.15, -0.1) is 0 Å². The number of rotatable bonds is 5. The molecule has 0 aromatic heterocycles. The summed E-state index contributed by atoms with van der Waals surface area (Å²) in [6.07, 6.45) is 8.74. The Kier molecular flexibility index (Phi) is 5.39. The van der Waals surface area contributed by atoms with Crippen molar-refractivity contribution in [2.24, 2.45) is 0 Å². The molecule has 0 bridgehead atoms. The molecule has 0 heterocycles. The molecule has 0 aliphatic heterocycles. The Bertz CT molecular complexity index is 429. The minimum absolute atomic E-state index is 0.203. The number of halogens is 2. The Hall–Kier alpha value is -0.670. The van der Waals surface area contributed by atoms with E-state index in [1.165, 1.54) is 31.7 Å². The summed E-state index contributed by atoms with van der Waals surface area (Å²) in [4.78, 5) is 0. The number of nitrogens with one attached hydrogen (secondary N) is 1. The predicted molar refractivity (Wildman–Crippen MR) is 77.0 cm³/mol. The Morgan fingerprint density at radius 1 is 1.28 bits per heavy atom. The largest absolute Gasteiger partial charge is 0.312 e. The molecule has 0 spiro atoms. The smallest absolute Gasteiger partial charge is 0.137 e. The van der Waals surface area contributed by atoms with E-state index in [-0.39, 0.29) is 5.82 Å². The lowest BCUT2D eigenvalue weighted by Crippen LogP contribution is -2.15. The third-order valence-corrected chi connectivity index (χ3v) is 3.93. The standard InChI is InChI=1S/C15H19BrFN/c16-14-10-13(6-7-15(14)17)11-18-9-8-12-4-2-1-3-5-12/h4,6-7,10,18H,1-3,5,8-9,11H2. The van der Waals surface area contributed by atoms with Crippen molar-refractivity contribution in [3.05, 3.63) is 45.7 Å². The highest BCUT2D eigenvalue weighted by atomic mass is 79.9. The van der Waals surface area contributed by atoms with Crippen LogP contribution >= 0.6 is 15.9 Å². The minimum Gasteiger partial charge on any atom is -0.312 e. The van der Waals surface area contributed by atoms with Crippen LogP contribution in [-0.2, 0) is 6.54 Å². The summed E-state index contributed by atoms with van der Waals surface area (Å²) in [5.41, 5.74) is 2.70. The molecule has 0 fully saturated rings. The second-order valence-corrected chi connectivity index (χ2v) is 5.64. The lowest BCUT2D eigenvalue weighted by Gasteiger charge is -2.13. The molecule has 1 aromatic rings. The summed E-state index contributed by atoms with van der Waals surface area (Å²) in [7, 11) is 0. The molecule has 2 rings (SSSR count). The molecule has 1 aliphatic carbocycles. The Balaban J connectivity index is 1.71. The summed E-state index contributed by atoms with van der Waals surface area (Å²) in [5, 5.41) is 3.41. The summed E-state index contributed by atoms with van der Waals surface area (Å²) >= 11 is 3.21. The van der Waals surface area contributed by atoms with E-state index in [0.717, 1.165) is 25.1 Å². The van der Waals surface area contributed by atoms with Gasteiger partial charge in [0, 0.05) is 6.54 Å². The molecule has 3 heteroatoms. The van der Waals surface area contributed by atoms with E-state index >= 15 is 0 Å². The molecule has 98 valence electrons. The van der Waals surface area contributed by atoms with E-state index in [1.807, 2.05) is 12.1 Å². The molecular weight excluding hydrogens is 293 g/mol. The van der Waals surface area contributed by atoms with Crippen molar-refractivity contribution < 1.29 is 4.39 Å². The van der Waals surface area contributed by atoms with Crippen molar-refractivity contribution in [3.63, 3.8) is 0 Å². The quantitative estimate of drug-likeness (QED) is 0.620. The second kappa shape index (κ2) is 7.05. The van der Waals surface area contributed by atoms with Gasteiger partial charge in [-0.05, 0) is 72.3 Å². The van der Waals surface area contributed by atoms with Crippen LogP contribution in [0.1, 0.15) is 37.7 Å². The number of hydrogen-bond acceptors (Lipinski definition) is 1. The first-order chi connectivity index (χ1) is 8.75. The summed E-state index contributed by atoms with van der Waals surface area (Å²) in [6, 6.07) is 5.17. The van der Waals surface area contributed by atoms with Gasteiger partial charge < -0.3 is 5.32 Å². The van der Waals surface area contributed by atoms with E-state index in [2.05, 4.69) is 27.3 Å². The third-order valence-electron chi connectivity index (χ3n) is 3.32. The van der Waals surface area contributed by atoms with Crippen LogP contribution in [0.3, 0.4) is 0 Å². The average molecular weight is 312 g/mol. The monoisotopic (exact) mass is 311 g/mol. The number of allylic oxidation sites excluding steroid dienone is 1. The zero-order valence-corrected chi connectivity index (χ0v) is 12.1. The fourth-order valence-corrected chi connectivity index (χ4v) is 2.69. The zero-order chi connectivity index (χ0) is 12.8. The highest BCUT2D eigenvalue weighted by Crippen LogP contribution is 2.19. The van der Waals surface area contributed by atoms with E-state index in [9.17, 15) is 4.39 Å². The van der Waals surface area contributed by atoms with Crippen LogP contribution in [0.15, 0.2) is 34.3 Å². The van der Waals surface area contributed by atoms with Gasteiger partial charge in [0.25, 0.3) is 0 Å². The molecule has 18 heavy (non-hydrogen) atoms. The maximum Gasteiger partial charge on any atom is 0.137 e. The van der Waals surface area contributed by atoms with Gasteiger partial charge in [-0.25, -0.2) is 4.39 Å². The maximum atomic E-state index is 13.1. The Morgan fingerprint density at radius 3 is 2.89 bits per heavy atom. The van der Waals surface area contributed by atoms with Gasteiger partial charge in [0.05, 0.1) is 4.47 Å². The summed E-state index contributed by atoms with van der Waals surface area (Å²) in [6.45, 7) is 1.80. The van der Waals surface area contributed by atoms with Gasteiger partial charge >= 0.3 is 0 Å². The van der Waals surface area contributed by atoms with Crippen LogP contribution in [0.5, 0.6) is 0 Å². The molecule has 0 unspecified atom stereocenters. The summed E-state index contributed by atoms with van der Waals surface area (Å²) < 4.78 is 13.6. The third kappa shape index (κ3) is 4.21. The van der Waals surface area contributed by atoms with Gasteiger partial charge in [0.15, 0.2) is 0 Å². The Morgan fingerprint density at radius 2 is 2.17 bits per heavy atom. The van der Waals surface area contributed by atoms with Crippen molar-refractivity contribution in [1.29, 1.82) is 0 Å². The molecule has 1 N–H and O–H groups in total. The van der Waals surface area contributed by atoms with Crippen molar-refractivity contribution in [2.75, 3.05) is 6.54 Å². The zero-order valence-electron chi connectivity index (χ0n) is 10.5. The van der Waals surface area contributed by atoms with Crippen molar-refractivity contribution >= 4 is 15.9 Å². The molecule has 0 saturated heterocycles. The Labute approximate surface area is 117 Å². The van der Waals surface area contributed by atoms with E-state index in [0.29, 0.717) is 4.47 Å². The van der Waals surface area contributed by atoms with Crippen LogP contribution in [-0.4, -0.2) is 6.54 Å². The van der Waals surface area contributed by atoms with Crippen molar-refractivity contribution in [2.45, 2.75) is 38.6 Å². The van der Waals surface area contributed by atoms with Gasteiger partial charge in [-0.2, -0.15) is 0 Å². The van der Waals surface area contributed by atoms with Gasteiger partial charge in [0.1, 0.15) is 5.82 Å². The first-order valence-electron chi connectivity index (χ1n) is 6.58. The van der Waals surface area contributed by atoms with Gasteiger partial charge in [0.2, 0.25) is 0 Å². The summed E-state index contributed by atoms with van der Waals surface area (Å²) in [5.74, 6) is -0.203. The highest BCUT2D eigenvalue weighted by molar-refractivity contribution is 9.10. The molecule has 0 amide bonds. The molecule has 1 aliphatic rings. The van der Waals surface area contributed by atoms with Gasteiger partial charge in [-0.1, -0.05) is 17.7 Å². The lowest BCUT2D eigenvalue weighted by molar-refractivity contribution is 0.615. The topological polar surface area (TPSA) is 12.0 Å². The fraction of sp³-hybridized carbons (Fsp3) is 0.467. The highest BCUT2D eigenvalue weighted by Gasteiger charge is 2.03. The van der Waals surface area contributed by atoms with E-state index in [1.54, 1.807) is 5.57 Å². The fourth-order valence-electron chi connectivity index (χ4n) is 2.26. The SMILES string of the molecule is Fc1ccc(CNCCC2=CCCCC2)cc1Br. The number of benzene rings is 1. The maximum absolute atomic E-state index is 13.1. The average Bonchev–Trinajstić information content (AvgIpc) is 2.40. The van der Waals surface area contributed by atoms with Crippen molar-refractivity contribution in [3.8, 4) is 0 Å². The van der Waals surface area contributed by atoms with Crippen LogP contribution < -0.4 is 5.32 Å². The lowest BCUT2D eigenvalue weighted by atomic mass is 9.97. The van der Waals surface area contributed by atoms with Crippen LogP contribution in [0.25, 0.3) is 0 Å². The molecule has 1 aromatic carbocycles. The molecular formula is C15H19BrFN. The first kappa shape index (κ1) is 13.8. The molecule has 0 atom stereocenters. The molecule has 1 nitrogen and oxygen atoms in total. The predicted octanol–water partition coefficient (Wildman–Crippen LogP) is 4.57. The second-order valence-electron chi connectivity index (χ2n) is 4.78. The van der Waals surface area contributed by atoms with E-state index in [4.69, 9.17) is 0 Å². The normalized spacial score (nSPS) is 15.6. The van der Waals surface area contributed by atoms with Crippen LogP contribution in [0.4, 0.5) is 4.39 Å². The number of hydrogen-bond donors (Lipinski definition) is 1. The molecule has 0 saturated carbocycles. The van der Waals surface area contributed by atoms with Crippen molar-refractivity contribution in [1.82, 2.24) is 5.32 Å². The van der Waals surface area contributed by atoms with Crippen LogP contribution in [0.2, 0.25) is 0 Å². The minimum atomic E-state index is -0.203. The van der Waals surface area contributed by atoms with Crippen LogP contribution in [0, 0.1) is 5.82 Å². The van der Waals surface area contributed by atoms with Gasteiger partial charge in [-0.3, -0.25) is 0 Å². The molecule has 0 radical (unpaired) electrons. The van der Waals surface area contributed by atoms with E-state index < -0.39 is 0 Å². The first-order valence-corrected chi connectivity index (χ1v) is 7.37.